The van der Waals surface area contributed by atoms with Gasteiger partial charge in [0.15, 0.2) is 11.6 Å². The van der Waals surface area contributed by atoms with Crippen LogP contribution in [0.5, 0.6) is 0 Å². The summed E-state index contributed by atoms with van der Waals surface area (Å²) in [6.07, 6.45) is 1.26. The number of nitrogens with one attached hydrogen (secondary N) is 1. The van der Waals surface area contributed by atoms with Crippen LogP contribution in [-0.4, -0.2) is 28.1 Å². The second kappa shape index (κ2) is 4.25. The summed E-state index contributed by atoms with van der Waals surface area (Å²) >= 11 is 0. The highest BCUT2D eigenvalue weighted by Gasteiger charge is 2.14. The molecule has 0 saturated heterocycles. The quantitative estimate of drug-likeness (QED) is 0.840. The van der Waals surface area contributed by atoms with Gasteiger partial charge in [0, 0.05) is 13.2 Å². The summed E-state index contributed by atoms with van der Waals surface area (Å²) in [5.41, 5.74) is 0.0273. The monoisotopic (exact) mass is 233 g/mol. The largest absolute Gasteiger partial charge is 0.477 e. The summed E-state index contributed by atoms with van der Waals surface area (Å²) in [6, 6.07) is 3.54. The number of rotatable bonds is 3. The number of aromatic carboxylic acids is 1. The lowest BCUT2D eigenvalue weighted by Gasteiger charge is -2.04. The van der Waals surface area contributed by atoms with E-state index >= 15 is 0 Å². The summed E-state index contributed by atoms with van der Waals surface area (Å²) in [6.45, 7) is 1.81. The zero-order chi connectivity index (χ0) is 12.4. The predicted molar refractivity (Wildman–Crippen MR) is 61.0 cm³/mol. The lowest BCUT2D eigenvalue weighted by atomic mass is 10.3. The molecule has 0 unspecified atom stereocenters. The van der Waals surface area contributed by atoms with Gasteiger partial charge in [-0.2, -0.15) is 0 Å². The van der Waals surface area contributed by atoms with E-state index < -0.39 is 5.97 Å². The van der Waals surface area contributed by atoms with Gasteiger partial charge in [0.25, 0.3) is 0 Å². The van der Waals surface area contributed by atoms with Crippen LogP contribution in [0.25, 0.3) is 11.6 Å². The minimum atomic E-state index is -1.07. The third kappa shape index (κ3) is 2.10. The number of aryl methyl sites for hydroxylation is 1. The maximum atomic E-state index is 10.9. The molecule has 0 amide bonds. The number of carboxylic acid groups (broad SMARTS) is 1. The molecule has 2 aromatic rings. The van der Waals surface area contributed by atoms with E-state index in [1.165, 1.54) is 6.20 Å². The van der Waals surface area contributed by atoms with Crippen molar-refractivity contribution in [3.8, 4) is 11.6 Å². The molecule has 0 fully saturated rings. The first-order valence-electron chi connectivity index (χ1n) is 4.96. The molecule has 88 valence electrons. The van der Waals surface area contributed by atoms with Gasteiger partial charge in [0.2, 0.25) is 0 Å². The number of carbonyl (C=O) groups is 1. The van der Waals surface area contributed by atoms with Crippen LogP contribution >= 0.6 is 0 Å². The number of anilines is 1. The van der Waals surface area contributed by atoms with Crippen LogP contribution in [0.2, 0.25) is 0 Å². The average Bonchev–Trinajstić information content (AvgIpc) is 2.75. The number of furan rings is 1. The summed E-state index contributed by atoms with van der Waals surface area (Å²) in [4.78, 5) is 19.0. The molecule has 0 spiro atoms. The van der Waals surface area contributed by atoms with Gasteiger partial charge in [0.1, 0.15) is 17.1 Å². The first-order valence-corrected chi connectivity index (χ1v) is 4.96. The van der Waals surface area contributed by atoms with E-state index in [2.05, 4.69) is 15.3 Å². The summed E-state index contributed by atoms with van der Waals surface area (Å²) in [5, 5.41) is 11.6. The van der Waals surface area contributed by atoms with Gasteiger partial charge < -0.3 is 14.8 Å². The van der Waals surface area contributed by atoms with Crippen LogP contribution < -0.4 is 5.32 Å². The Kier molecular flexibility index (Phi) is 2.78. The fraction of sp³-hybridized carbons (Fsp3) is 0.182. The van der Waals surface area contributed by atoms with E-state index in [1.807, 2.05) is 6.92 Å². The fourth-order valence-corrected chi connectivity index (χ4v) is 1.40. The predicted octanol–water partition coefficient (Wildman–Crippen LogP) is 1.78. The molecule has 0 aliphatic rings. The van der Waals surface area contributed by atoms with Gasteiger partial charge in [-0.25, -0.2) is 14.8 Å². The Hall–Kier alpha value is -2.37. The van der Waals surface area contributed by atoms with Crippen molar-refractivity contribution >= 4 is 11.8 Å². The number of carboxylic acids is 1. The van der Waals surface area contributed by atoms with Crippen molar-refractivity contribution in [2.75, 3.05) is 12.4 Å². The first-order chi connectivity index (χ1) is 8.11. The molecule has 0 aliphatic carbocycles. The van der Waals surface area contributed by atoms with Crippen molar-refractivity contribution in [2.24, 2.45) is 0 Å². The molecule has 0 bridgehead atoms. The van der Waals surface area contributed by atoms with Crippen LogP contribution in [0.15, 0.2) is 22.7 Å². The lowest BCUT2D eigenvalue weighted by molar-refractivity contribution is 0.0697. The Morgan fingerprint density at radius 2 is 2.24 bits per heavy atom. The summed E-state index contributed by atoms with van der Waals surface area (Å²) < 4.78 is 5.37. The van der Waals surface area contributed by atoms with Crippen molar-refractivity contribution in [1.82, 2.24) is 9.97 Å². The van der Waals surface area contributed by atoms with Crippen LogP contribution in [0, 0.1) is 6.92 Å². The van der Waals surface area contributed by atoms with Gasteiger partial charge >= 0.3 is 5.97 Å². The Morgan fingerprint density at radius 1 is 1.47 bits per heavy atom. The highest BCUT2D eigenvalue weighted by Crippen LogP contribution is 2.21. The van der Waals surface area contributed by atoms with Crippen molar-refractivity contribution in [1.29, 1.82) is 0 Å². The van der Waals surface area contributed by atoms with Gasteiger partial charge in [-0.3, -0.25) is 0 Å². The van der Waals surface area contributed by atoms with Gasteiger partial charge in [-0.1, -0.05) is 0 Å². The number of aromatic nitrogens is 2. The second-order valence-electron chi connectivity index (χ2n) is 3.42. The third-order valence-corrected chi connectivity index (χ3v) is 2.22. The third-order valence-electron chi connectivity index (χ3n) is 2.22. The van der Waals surface area contributed by atoms with E-state index in [1.54, 1.807) is 19.2 Å². The molecule has 0 aromatic carbocycles. The Morgan fingerprint density at radius 3 is 2.76 bits per heavy atom. The highest BCUT2D eigenvalue weighted by molar-refractivity contribution is 5.92. The van der Waals surface area contributed by atoms with Crippen molar-refractivity contribution in [2.45, 2.75) is 6.92 Å². The average molecular weight is 233 g/mol. The maximum absolute atomic E-state index is 10.9. The van der Waals surface area contributed by atoms with Crippen molar-refractivity contribution in [3.63, 3.8) is 0 Å². The van der Waals surface area contributed by atoms with Crippen LogP contribution in [0.1, 0.15) is 16.1 Å². The molecule has 0 saturated carbocycles. The standard InChI is InChI=1S/C11H11N3O3/c1-6-3-4-8(17-6)10-13-5-7(11(15)16)9(12-2)14-10/h3-5H,1-2H3,(H,15,16)(H,12,13,14). The van der Waals surface area contributed by atoms with E-state index in [0.29, 0.717) is 11.6 Å². The summed E-state index contributed by atoms with van der Waals surface area (Å²) in [7, 11) is 1.60. The normalized spacial score (nSPS) is 10.2. The SMILES string of the molecule is CNc1nc(-c2ccc(C)o2)ncc1C(=O)O. The zero-order valence-corrected chi connectivity index (χ0v) is 9.39. The molecule has 2 N–H and O–H groups in total. The number of hydrogen-bond acceptors (Lipinski definition) is 5. The van der Waals surface area contributed by atoms with E-state index in [-0.39, 0.29) is 11.4 Å². The van der Waals surface area contributed by atoms with E-state index in [0.717, 1.165) is 5.76 Å². The lowest BCUT2D eigenvalue weighted by Crippen LogP contribution is -2.06. The topological polar surface area (TPSA) is 88.3 Å². The van der Waals surface area contributed by atoms with Gasteiger partial charge in [-0.05, 0) is 19.1 Å². The maximum Gasteiger partial charge on any atom is 0.341 e. The van der Waals surface area contributed by atoms with Crippen molar-refractivity contribution in [3.05, 3.63) is 29.7 Å². The minimum absolute atomic E-state index is 0.0273. The van der Waals surface area contributed by atoms with Crippen LogP contribution in [0.4, 0.5) is 5.82 Å². The Labute approximate surface area is 97.3 Å². The summed E-state index contributed by atoms with van der Waals surface area (Å²) in [5.74, 6) is 0.799. The molecule has 0 radical (unpaired) electrons. The molecule has 6 nitrogen and oxygen atoms in total. The van der Waals surface area contributed by atoms with Gasteiger partial charge in [0.05, 0.1) is 0 Å². The second-order valence-corrected chi connectivity index (χ2v) is 3.42. The number of hydrogen-bond donors (Lipinski definition) is 2. The van der Waals surface area contributed by atoms with Crippen LogP contribution in [0.3, 0.4) is 0 Å². The van der Waals surface area contributed by atoms with Crippen molar-refractivity contribution < 1.29 is 14.3 Å². The van der Waals surface area contributed by atoms with E-state index in [4.69, 9.17) is 9.52 Å². The molecule has 0 atom stereocenters. The molecule has 0 aliphatic heterocycles. The fourth-order valence-electron chi connectivity index (χ4n) is 1.40. The smallest absolute Gasteiger partial charge is 0.341 e. The molecular formula is C11H11N3O3. The zero-order valence-electron chi connectivity index (χ0n) is 9.39. The Balaban J connectivity index is 2.48. The molecule has 6 heteroatoms. The van der Waals surface area contributed by atoms with Gasteiger partial charge in [-0.15, -0.1) is 0 Å². The minimum Gasteiger partial charge on any atom is -0.477 e. The Bertz CT molecular complexity index is 563. The number of nitrogens with zero attached hydrogens (tertiary/aromatic N) is 2. The van der Waals surface area contributed by atoms with Crippen LogP contribution in [-0.2, 0) is 0 Å². The molecule has 17 heavy (non-hydrogen) atoms. The first kappa shape index (κ1) is 11.1. The molecule has 2 aromatic heterocycles. The molecule has 2 rings (SSSR count). The molecular weight excluding hydrogens is 222 g/mol. The molecule has 2 heterocycles. The van der Waals surface area contributed by atoms with E-state index in [9.17, 15) is 4.79 Å². The highest BCUT2D eigenvalue weighted by atomic mass is 16.4.